The number of ether oxygens (including phenoxy) is 3. The van der Waals surface area contributed by atoms with Crippen LogP contribution >= 0.6 is 0 Å². The van der Waals surface area contributed by atoms with E-state index in [9.17, 15) is 0 Å². The molecule has 236 valence electrons. The van der Waals surface area contributed by atoms with E-state index in [1.54, 1.807) is 7.11 Å². The number of hydrogen-bond acceptors (Lipinski definition) is 3. The summed E-state index contributed by atoms with van der Waals surface area (Å²) < 4.78 is 19.4. The molecule has 5 nitrogen and oxygen atoms in total. The Morgan fingerprint density at radius 1 is 0.595 bits per heavy atom. The Bertz CT molecular complexity index is 849. The van der Waals surface area contributed by atoms with E-state index in [1.165, 1.54) is 111 Å². The van der Waals surface area contributed by atoms with Crippen LogP contribution < -0.4 is 0 Å². The summed E-state index contributed by atoms with van der Waals surface area (Å²) in [5, 5.41) is 0. The smallest absolute Gasteiger partial charge is 0.105 e. The molecule has 42 heavy (non-hydrogen) atoms. The number of quaternary nitrogens is 2. The number of nitrogens with zero attached hydrogens (tertiary/aromatic N) is 2. The molecular weight excluding hydrogens is 520 g/mol. The van der Waals surface area contributed by atoms with Crippen LogP contribution in [0.1, 0.15) is 83.3 Å². The van der Waals surface area contributed by atoms with E-state index in [4.69, 9.17) is 14.2 Å². The molecule has 0 bridgehead atoms. The molecule has 0 amide bonds. The molecule has 0 spiro atoms. The van der Waals surface area contributed by atoms with E-state index in [-0.39, 0.29) is 0 Å². The summed E-state index contributed by atoms with van der Waals surface area (Å²) in [6, 6.07) is 21.9. The minimum atomic E-state index is 0.293. The first-order valence-corrected chi connectivity index (χ1v) is 17.0. The maximum absolute atomic E-state index is 6.03. The highest BCUT2D eigenvalue weighted by atomic mass is 16.5. The second-order valence-corrected chi connectivity index (χ2v) is 13.1. The van der Waals surface area contributed by atoms with Crippen LogP contribution in [0.4, 0.5) is 0 Å². The minimum absolute atomic E-state index is 0.293. The maximum Gasteiger partial charge on any atom is 0.105 e. The lowest BCUT2D eigenvalue weighted by atomic mass is 10.0. The molecule has 0 saturated carbocycles. The van der Waals surface area contributed by atoms with Crippen LogP contribution in [0.25, 0.3) is 0 Å². The van der Waals surface area contributed by atoms with Gasteiger partial charge in [-0.3, -0.25) is 0 Å². The van der Waals surface area contributed by atoms with Crippen LogP contribution in [-0.4, -0.2) is 87.4 Å². The van der Waals surface area contributed by atoms with Gasteiger partial charge in [-0.1, -0.05) is 74.0 Å². The zero-order valence-electron chi connectivity index (χ0n) is 27.5. The maximum atomic E-state index is 6.03. The average molecular weight is 583 g/mol. The zero-order chi connectivity index (χ0) is 29.9. The third kappa shape index (κ3) is 12.9. The molecule has 0 N–H and O–H groups in total. The second-order valence-electron chi connectivity index (χ2n) is 13.1. The third-order valence-corrected chi connectivity index (χ3v) is 9.13. The highest BCUT2D eigenvalue weighted by Crippen LogP contribution is 2.25. The molecule has 0 aromatic heterocycles. The molecule has 0 radical (unpaired) electrons. The molecule has 2 aliphatic heterocycles. The van der Waals surface area contributed by atoms with Gasteiger partial charge in [0.2, 0.25) is 0 Å². The van der Waals surface area contributed by atoms with E-state index in [0.717, 1.165) is 19.7 Å². The number of likely N-dealkylation sites (tertiary alicyclic amines) is 2. The van der Waals surface area contributed by atoms with Gasteiger partial charge in [-0.2, -0.15) is 0 Å². The van der Waals surface area contributed by atoms with Crippen LogP contribution in [0.3, 0.4) is 0 Å². The molecule has 4 rings (SSSR count). The lowest BCUT2D eigenvalue weighted by molar-refractivity contribution is -0.947. The zero-order valence-corrected chi connectivity index (χ0v) is 27.5. The van der Waals surface area contributed by atoms with Crippen molar-refractivity contribution in [2.75, 3.05) is 66.2 Å². The van der Waals surface area contributed by atoms with Gasteiger partial charge in [0.15, 0.2) is 0 Å². The fourth-order valence-electron chi connectivity index (χ4n) is 7.08. The molecule has 2 aromatic rings. The third-order valence-electron chi connectivity index (χ3n) is 9.13. The molecule has 2 heterocycles. The Labute approximate surface area is 258 Å². The van der Waals surface area contributed by atoms with Crippen molar-refractivity contribution in [2.24, 2.45) is 0 Å². The van der Waals surface area contributed by atoms with Crippen molar-refractivity contribution in [1.82, 2.24) is 0 Å². The molecule has 2 aromatic carbocycles. The van der Waals surface area contributed by atoms with Gasteiger partial charge < -0.3 is 23.2 Å². The first-order chi connectivity index (χ1) is 20.5. The number of hydrogen-bond donors (Lipinski definition) is 0. The van der Waals surface area contributed by atoms with Crippen molar-refractivity contribution >= 4 is 0 Å². The predicted molar refractivity (Wildman–Crippen MR) is 175 cm³/mol. The fraction of sp³-hybridized carbons (Fsp3) is 0.676. The van der Waals surface area contributed by atoms with Crippen LogP contribution in [-0.2, 0) is 27.3 Å². The molecule has 0 aliphatic carbocycles. The van der Waals surface area contributed by atoms with Crippen molar-refractivity contribution in [1.29, 1.82) is 0 Å². The Balaban J connectivity index is 0.000000230. The molecule has 2 fully saturated rings. The fourth-order valence-corrected chi connectivity index (χ4v) is 7.08. The molecular formula is C37H62N2O3+2. The SMILES string of the molecule is CCCCOC(C)C[N+]1(Cc2ccccc2)CCCCC1.COCCOC(C)C[N+]1(Cc2ccccc2)CCCCC1. The Hall–Kier alpha value is -1.76. The molecule has 2 saturated heterocycles. The summed E-state index contributed by atoms with van der Waals surface area (Å²) in [6.45, 7) is 18.8. The lowest BCUT2D eigenvalue weighted by Gasteiger charge is -2.43. The Kier molecular flexibility index (Phi) is 16.1. The van der Waals surface area contributed by atoms with E-state index >= 15 is 0 Å². The molecule has 2 aliphatic rings. The summed E-state index contributed by atoms with van der Waals surface area (Å²) in [5.41, 5.74) is 2.92. The van der Waals surface area contributed by atoms with Gasteiger partial charge in [0, 0.05) is 24.8 Å². The van der Waals surface area contributed by atoms with E-state index in [2.05, 4.69) is 81.4 Å². The number of rotatable bonds is 16. The standard InChI is InChI=1S/C19H32NO.C18H30NO2/c1-3-4-15-21-18(2)16-20(13-9-6-10-14-20)17-19-11-7-5-8-12-19;1-17(21-14-13-20-2)15-19(11-7-4-8-12-19)16-18-9-5-3-6-10-18/h5,7-8,11-12,18H,3-4,6,9-10,13-17H2,1-2H3;3,5-6,9-10,17H,4,7-8,11-16H2,1-2H3/q2*+1. The quantitative estimate of drug-likeness (QED) is 0.150. The summed E-state index contributed by atoms with van der Waals surface area (Å²) in [4.78, 5) is 0. The van der Waals surface area contributed by atoms with Crippen molar-refractivity contribution in [3.05, 3.63) is 71.8 Å². The highest BCUT2D eigenvalue weighted by molar-refractivity contribution is 5.14. The van der Waals surface area contributed by atoms with Crippen LogP contribution in [0.15, 0.2) is 60.7 Å². The molecule has 2 atom stereocenters. The Morgan fingerprint density at radius 3 is 1.43 bits per heavy atom. The van der Waals surface area contributed by atoms with Gasteiger partial charge in [0.25, 0.3) is 0 Å². The Morgan fingerprint density at radius 2 is 1.02 bits per heavy atom. The highest BCUT2D eigenvalue weighted by Gasteiger charge is 2.33. The van der Waals surface area contributed by atoms with Crippen LogP contribution in [0, 0.1) is 0 Å². The monoisotopic (exact) mass is 582 g/mol. The first-order valence-electron chi connectivity index (χ1n) is 17.0. The van der Waals surface area contributed by atoms with Crippen LogP contribution in [0.5, 0.6) is 0 Å². The van der Waals surface area contributed by atoms with Gasteiger partial charge in [0.1, 0.15) is 38.4 Å². The van der Waals surface area contributed by atoms with Crippen molar-refractivity contribution in [3.63, 3.8) is 0 Å². The van der Waals surface area contributed by atoms with Crippen molar-refractivity contribution < 1.29 is 23.2 Å². The van der Waals surface area contributed by atoms with Gasteiger partial charge in [-0.15, -0.1) is 0 Å². The lowest BCUT2D eigenvalue weighted by Crippen LogP contribution is -2.54. The van der Waals surface area contributed by atoms with Gasteiger partial charge in [0.05, 0.1) is 39.4 Å². The van der Waals surface area contributed by atoms with Gasteiger partial charge >= 0.3 is 0 Å². The number of benzene rings is 2. The number of piperidine rings is 2. The number of unbranched alkanes of at least 4 members (excludes halogenated alkanes) is 1. The topological polar surface area (TPSA) is 27.7 Å². The summed E-state index contributed by atoms with van der Waals surface area (Å²) in [5.74, 6) is 0. The van der Waals surface area contributed by atoms with Crippen molar-refractivity contribution in [2.45, 2.75) is 97.4 Å². The predicted octanol–water partition coefficient (Wildman–Crippen LogP) is 7.63. The molecule has 5 heteroatoms. The van der Waals surface area contributed by atoms with Crippen molar-refractivity contribution in [3.8, 4) is 0 Å². The first kappa shape index (κ1) is 34.7. The summed E-state index contributed by atoms with van der Waals surface area (Å²) >= 11 is 0. The second kappa shape index (κ2) is 19.5. The normalized spacial score (nSPS) is 19.3. The van der Waals surface area contributed by atoms with Crippen LogP contribution in [0.2, 0.25) is 0 Å². The average Bonchev–Trinajstić information content (AvgIpc) is 2.99. The van der Waals surface area contributed by atoms with E-state index in [1.807, 2.05) is 0 Å². The van der Waals surface area contributed by atoms with Gasteiger partial charge in [-0.25, -0.2) is 0 Å². The minimum Gasteiger partial charge on any atom is -0.382 e. The summed E-state index contributed by atoms with van der Waals surface area (Å²) in [7, 11) is 1.72. The molecule has 2 unspecified atom stereocenters. The van der Waals surface area contributed by atoms with E-state index in [0.29, 0.717) is 25.4 Å². The largest absolute Gasteiger partial charge is 0.382 e. The van der Waals surface area contributed by atoms with Gasteiger partial charge in [-0.05, 0) is 58.8 Å². The van der Waals surface area contributed by atoms with E-state index < -0.39 is 0 Å². The number of methoxy groups -OCH3 is 1. The summed E-state index contributed by atoms with van der Waals surface area (Å²) in [6.07, 6.45) is 11.3.